The van der Waals surface area contributed by atoms with Crippen molar-refractivity contribution in [2.75, 3.05) is 5.73 Å². The van der Waals surface area contributed by atoms with Gasteiger partial charge in [-0.1, -0.05) is 11.8 Å². The highest BCUT2D eigenvalue weighted by Gasteiger charge is 2.07. The lowest BCUT2D eigenvalue weighted by Gasteiger charge is -2.03. The van der Waals surface area contributed by atoms with Crippen molar-refractivity contribution in [1.82, 2.24) is 24.5 Å². The van der Waals surface area contributed by atoms with Crippen LogP contribution in [0.5, 0.6) is 0 Å². The molecule has 3 aromatic heterocycles. The van der Waals surface area contributed by atoms with Crippen LogP contribution in [0.4, 0.5) is 5.95 Å². The number of imidazole rings is 1. The molecular formula is C11H10N6OS. The number of rotatable bonds is 4. The Hall–Kier alpha value is -2.35. The Kier molecular flexibility index (Phi) is 3.15. The molecule has 0 fully saturated rings. The van der Waals surface area contributed by atoms with E-state index < -0.39 is 0 Å². The van der Waals surface area contributed by atoms with Gasteiger partial charge in [0.2, 0.25) is 11.9 Å². The number of nitrogen functional groups attached to an aromatic ring is 1. The van der Waals surface area contributed by atoms with Crippen molar-refractivity contribution >= 4 is 17.7 Å². The number of hydrogen-bond acceptors (Lipinski definition) is 7. The molecule has 8 heteroatoms. The van der Waals surface area contributed by atoms with E-state index in [1.165, 1.54) is 11.8 Å². The molecule has 0 aliphatic heterocycles. The zero-order valence-corrected chi connectivity index (χ0v) is 10.6. The van der Waals surface area contributed by atoms with Gasteiger partial charge in [-0.15, -0.1) is 0 Å². The molecule has 96 valence electrons. The van der Waals surface area contributed by atoms with Crippen LogP contribution < -0.4 is 5.73 Å². The fourth-order valence-electron chi connectivity index (χ4n) is 1.45. The van der Waals surface area contributed by atoms with Gasteiger partial charge in [-0.2, -0.15) is 15.0 Å². The molecule has 19 heavy (non-hydrogen) atoms. The van der Waals surface area contributed by atoms with Gasteiger partial charge in [0.15, 0.2) is 5.16 Å². The third-order valence-electron chi connectivity index (χ3n) is 2.28. The van der Waals surface area contributed by atoms with E-state index in [9.17, 15) is 0 Å². The van der Waals surface area contributed by atoms with Crippen molar-refractivity contribution in [1.29, 1.82) is 0 Å². The van der Waals surface area contributed by atoms with Crippen molar-refractivity contribution in [3.63, 3.8) is 0 Å². The topological polar surface area (TPSA) is 95.7 Å². The molecular weight excluding hydrogens is 264 g/mol. The maximum Gasteiger partial charge on any atom is 0.240 e. The zero-order chi connectivity index (χ0) is 13.1. The first-order valence-electron chi connectivity index (χ1n) is 5.46. The Labute approximate surface area is 112 Å². The number of nitrogens with zero attached hydrogens (tertiary/aromatic N) is 5. The zero-order valence-electron chi connectivity index (χ0n) is 9.80. The van der Waals surface area contributed by atoms with Crippen LogP contribution in [0.2, 0.25) is 0 Å². The summed E-state index contributed by atoms with van der Waals surface area (Å²) in [5, 5.41) is 0.549. The molecule has 0 saturated heterocycles. The van der Waals surface area contributed by atoms with Crippen LogP contribution in [0.1, 0.15) is 5.76 Å². The van der Waals surface area contributed by atoms with E-state index in [1.807, 2.05) is 12.1 Å². The smallest absolute Gasteiger partial charge is 0.240 e. The summed E-state index contributed by atoms with van der Waals surface area (Å²) >= 11 is 1.43. The molecule has 0 amide bonds. The minimum absolute atomic E-state index is 0.181. The predicted molar refractivity (Wildman–Crippen MR) is 69.6 cm³/mol. The molecule has 0 bridgehead atoms. The summed E-state index contributed by atoms with van der Waals surface area (Å²) in [4.78, 5) is 16.4. The van der Waals surface area contributed by atoms with Gasteiger partial charge >= 0.3 is 0 Å². The molecule has 0 aromatic carbocycles. The molecule has 3 rings (SSSR count). The summed E-state index contributed by atoms with van der Waals surface area (Å²) in [7, 11) is 0. The summed E-state index contributed by atoms with van der Waals surface area (Å²) in [6, 6.07) is 3.74. The van der Waals surface area contributed by atoms with E-state index in [4.69, 9.17) is 10.2 Å². The van der Waals surface area contributed by atoms with E-state index in [0.29, 0.717) is 16.9 Å². The van der Waals surface area contributed by atoms with E-state index in [0.717, 1.165) is 5.76 Å². The van der Waals surface area contributed by atoms with Gasteiger partial charge in [-0.25, -0.2) is 4.98 Å². The molecule has 0 atom stereocenters. The average molecular weight is 274 g/mol. The first kappa shape index (κ1) is 11.7. The second-order valence-electron chi connectivity index (χ2n) is 3.61. The van der Waals surface area contributed by atoms with Crippen LogP contribution in [0, 0.1) is 0 Å². The van der Waals surface area contributed by atoms with Crippen LogP contribution in [-0.2, 0) is 5.75 Å². The summed E-state index contributed by atoms with van der Waals surface area (Å²) in [6.07, 6.45) is 6.63. The normalized spacial score (nSPS) is 10.7. The number of aromatic nitrogens is 5. The Morgan fingerprint density at radius 3 is 3.00 bits per heavy atom. The number of anilines is 1. The third-order valence-corrected chi connectivity index (χ3v) is 3.15. The van der Waals surface area contributed by atoms with E-state index >= 15 is 0 Å². The summed E-state index contributed by atoms with van der Waals surface area (Å²) in [5.74, 6) is 2.13. The quantitative estimate of drug-likeness (QED) is 0.720. The lowest BCUT2D eigenvalue weighted by molar-refractivity contribution is 0.530. The maximum atomic E-state index is 5.68. The Bertz CT molecular complexity index is 652. The lowest BCUT2D eigenvalue weighted by Crippen LogP contribution is -2.06. The van der Waals surface area contributed by atoms with Crippen LogP contribution >= 0.6 is 11.8 Å². The van der Waals surface area contributed by atoms with Crippen LogP contribution in [0.25, 0.3) is 5.95 Å². The second kappa shape index (κ2) is 5.11. The lowest BCUT2D eigenvalue weighted by atomic mass is 10.5. The molecule has 0 aliphatic rings. The Morgan fingerprint density at radius 2 is 2.26 bits per heavy atom. The average Bonchev–Trinajstić information content (AvgIpc) is 3.09. The first-order valence-corrected chi connectivity index (χ1v) is 6.45. The minimum atomic E-state index is 0.181. The van der Waals surface area contributed by atoms with Crippen molar-refractivity contribution in [2.45, 2.75) is 10.9 Å². The molecule has 0 radical (unpaired) electrons. The molecule has 7 nitrogen and oxygen atoms in total. The molecule has 3 heterocycles. The predicted octanol–water partition coefficient (Wildman–Crippen LogP) is 1.52. The number of nitrogens with two attached hydrogens (primary N) is 1. The van der Waals surface area contributed by atoms with Crippen LogP contribution in [0.15, 0.2) is 46.7 Å². The number of hydrogen-bond donors (Lipinski definition) is 1. The fraction of sp³-hybridized carbons (Fsp3) is 0.0909. The molecule has 0 aliphatic carbocycles. The van der Waals surface area contributed by atoms with Gasteiger partial charge in [0.25, 0.3) is 0 Å². The molecule has 0 saturated carbocycles. The molecule has 2 N–H and O–H groups in total. The van der Waals surface area contributed by atoms with Crippen molar-refractivity contribution in [3.05, 3.63) is 42.9 Å². The van der Waals surface area contributed by atoms with Gasteiger partial charge < -0.3 is 10.2 Å². The highest BCUT2D eigenvalue weighted by atomic mass is 32.2. The highest BCUT2D eigenvalue weighted by Crippen LogP contribution is 2.20. The van der Waals surface area contributed by atoms with Gasteiger partial charge in [0.1, 0.15) is 12.1 Å². The van der Waals surface area contributed by atoms with Gasteiger partial charge in [-0.05, 0) is 12.1 Å². The third kappa shape index (κ3) is 2.74. The largest absolute Gasteiger partial charge is 0.468 e. The molecule has 0 unspecified atom stereocenters. The standard InChI is InChI=1S/C11H10N6OS/c12-9-14-10(17-4-3-13-7-17)16-11(15-9)19-6-8-2-1-5-18-8/h1-5,7H,6H2,(H2,12,14,15,16). The Morgan fingerprint density at radius 1 is 1.32 bits per heavy atom. The van der Waals surface area contributed by atoms with Crippen LogP contribution in [-0.4, -0.2) is 24.5 Å². The van der Waals surface area contributed by atoms with Gasteiger partial charge in [-0.3, -0.25) is 4.57 Å². The van der Waals surface area contributed by atoms with Gasteiger partial charge in [0.05, 0.1) is 12.0 Å². The van der Waals surface area contributed by atoms with Crippen molar-refractivity contribution in [2.24, 2.45) is 0 Å². The Balaban J connectivity index is 1.82. The SMILES string of the molecule is Nc1nc(SCc2ccco2)nc(-n2ccnc2)n1. The number of thioether (sulfide) groups is 1. The number of furan rings is 1. The van der Waals surface area contributed by atoms with Crippen LogP contribution in [0.3, 0.4) is 0 Å². The summed E-state index contributed by atoms with van der Waals surface area (Å²) in [6.45, 7) is 0. The minimum Gasteiger partial charge on any atom is -0.468 e. The summed E-state index contributed by atoms with van der Waals surface area (Å²) in [5.41, 5.74) is 5.68. The van der Waals surface area contributed by atoms with E-state index in [1.54, 1.807) is 29.6 Å². The highest BCUT2D eigenvalue weighted by molar-refractivity contribution is 7.98. The van der Waals surface area contributed by atoms with E-state index in [2.05, 4.69) is 19.9 Å². The summed E-state index contributed by atoms with van der Waals surface area (Å²) < 4.78 is 6.93. The van der Waals surface area contributed by atoms with Crippen molar-refractivity contribution < 1.29 is 4.42 Å². The fourth-order valence-corrected chi connectivity index (χ4v) is 2.19. The monoisotopic (exact) mass is 274 g/mol. The molecule has 0 spiro atoms. The van der Waals surface area contributed by atoms with Gasteiger partial charge in [0, 0.05) is 12.4 Å². The molecule has 3 aromatic rings. The first-order chi connectivity index (χ1) is 9.31. The van der Waals surface area contributed by atoms with Crippen molar-refractivity contribution in [3.8, 4) is 5.95 Å². The second-order valence-corrected chi connectivity index (χ2v) is 4.56. The van der Waals surface area contributed by atoms with E-state index in [-0.39, 0.29) is 5.95 Å². The maximum absolute atomic E-state index is 5.68.